The first-order valence-corrected chi connectivity index (χ1v) is 5.13. The number of hydrogen-bond donors (Lipinski definition) is 1. The lowest BCUT2D eigenvalue weighted by Crippen LogP contribution is -2.22. The molecule has 3 heteroatoms. The van der Waals surface area contributed by atoms with Gasteiger partial charge < -0.3 is 5.11 Å². The lowest BCUT2D eigenvalue weighted by molar-refractivity contribution is -0.139. The first-order valence-electron chi connectivity index (χ1n) is 3.98. The monoisotopic (exact) mass is 174 g/mol. The number of rotatable bonds is 3. The Balaban J connectivity index is 2.52. The van der Waals surface area contributed by atoms with Crippen molar-refractivity contribution in [3.63, 3.8) is 0 Å². The number of thioether (sulfide) groups is 1. The fraction of sp³-hybridized carbons (Fsp3) is 0.875. The molecule has 0 amide bonds. The third-order valence-electron chi connectivity index (χ3n) is 2.46. The second kappa shape index (κ2) is 3.48. The molecule has 0 aromatic heterocycles. The van der Waals surface area contributed by atoms with Crippen molar-refractivity contribution in [2.45, 2.75) is 26.2 Å². The van der Waals surface area contributed by atoms with Crippen LogP contribution in [0, 0.1) is 5.41 Å². The Morgan fingerprint density at radius 3 is 2.82 bits per heavy atom. The van der Waals surface area contributed by atoms with Gasteiger partial charge in [0.15, 0.2) is 0 Å². The smallest absolute Gasteiger partial charge is 0.303 e. The van der Waals surface area contributed by atoms with Crippen LogP contribution in [0.4, 0.5) is 0 Å². The van der Waals surface area contributed by atoms with E-state index in [-0.39, 0.29) is 5.41 Å². The zero-order valence-corrected chi connectivity index (χ0v) is 7.62. The maximum atomic E-state index is 10.5. The summed E-state index contributed by atoms with van der Waals surface area (Å²) < 4.78 is 0. The normalized spacial score (nSPS) is 30.6. The van der Waals surface area contributed by atoms with Crippen LogP contribution in [0.1, 0.15) is 26.2 Å². The molecule has 1 aliphatic rings. The molecule has 0 aromatic carbocycles. The number of carbonyl (C=O) groups is 1. The minimum atomic E-state index is -0.644. The van der Waals surface area contributed by atoms with Crippen LogP contribution in [0.3, 0.4) is 0 Å². The van der Waals surface area contributed by atoms with E-state index in [0.717, 1.165) is 24.3 Å². The maximum absolute atomic E-state index is 10.5. The average molecular weight is 174 g/mol. The van der Waals surface area contributed by atoms with Crippen LogP contribution in [0.25, 0.3) is 0 Å². The molecule has 0 bridgehead atoms. The van der Waals surface area contributed by atoms with Gasteiger partial charge in [-0.3, -0.25) is 4.79 Å². The Labute approximate surface area is 71.4 Å². The molecular weight excluding hydrogens is 160 g/mol. The molecule has 0 radical (unpaired) electrons. The summed E-state index contributed by atoms with van der Waals surface area (Å²) in [7, 11) is 0. The van der Waals surface area contributed by atoms with E-state index in [1.54, 1.807) is 0 Å². The summed E-state index contributed by atoms with van der Waals surface area (Å²) in [4.78, 5) is 10.5. The lowest BCUT2D eigenvalue weighted by Gasteiger charge is -2.23. The van der Waals surface area contributed by atoms with E-state index >= 15 is 0 Å². The van der Waals surface area contributed by atoms with Gasteiger partial charge >= 0.3 is 5.97 Å². The largest absolute Gasteiger partial charge is 0.481 e. The van der Waals surface area contributed by atoms with Gasteiger partial charge in [0.1, 0.15) is 0 Å². The molecule has 1 atom stereocenters. The minimum Gasteiger partial charge on any atom is -0.481 e. The summed E-state index contributed by atoms with van der Waals surface area (Å²) in [6.45, 7) is 2.09. The number of carboxylic acid groups (broad SMARTS) is 1. The Kier molecular flexibility index (Phi) is 2.82. The fourth-order valence-corrected chi connectivity index (χ4v) is 3.12. The van der Waals surface area contributed by atoms with Crippen LogP contribution in [0.15, 0.2) is 0 Å². The Hall–Kier alpha value is -0.180. The highest BCUT2D eigenvalue weighted by Gasteiger charge is 2.34. The molecule has 1 fully saturated rings. The van der Waals surface area contributed by atoms with E-state index in [2.05, 4.69) is 6.92 Å². The van der Waals surface area contributed by atoms with Crippen LogP contribution >= 0.6 is 11.8 Å². The van der Waals surface area contributed by atoms with Gasteiger partial charge in [0.25, 0.3) is 0 Å². The van der Waals surface area contributed by atoms with Gasteiger partial charge in [-0.15, -0.1) is 0 Å². The molecule has 1 saturated heterocycles. The van der Waals surface area contributed by atoms with Gasteiger partial charge in [-0.25, -0.2) is 0 Å². The molecule has 0 saturated carbocycles. The van der Waals surface area contributed by atoms with Crippen molar-refractivity contribution in [1.82, 2.24) is 0 Å². The Bertz CT molecular complexity index is 150. The number of carboxylic acids is 1. The van der Waals surface area contributed by atoms with Crippen molar-refractivity contribution in [1.29, 1.82) is 0 Å². The van der Waals surface area contributed by atoms with Crippen molar-refractivity contribution in [2.24, 2.45) is 5.41 Å². The summed E-state index contributed by atoms with van der Waals surface area (Å²) in [5.41, 5.74) is 0.122. The topological polar surface area (TPSA) is 37.3 Å². The fourth-order valence-electron chi connectivity index (χ4n) is 1.51. The minimum absolute atomic E-state index is 0.122. The predicted octanol–water partition coefficient (Wildman–Crippen LogP) is 1.99. The highest BCUT2D eigenvalue weighted by atomic mass is 32.2. The van der Waals surface area contributed by atoms with Crippen LogP contribution in [-0.2, 0) is 4.79 Å². The second-order valence-corrected chi connectivity index (χ2v) is 4.33. The zero-order chi connectivity index (χ0) is 8.32. The quantitative estimate of drug-likeness (QED) is 0.711. The van der Waals surface area contributed by atoms with Gasteiger partial charge in [0, 0.05) is 0 Å². The highest BCUT2D eigenvalue weighted by molar-refractivity contribution is 7.99. The van der Waals surface area contributed by atoms with Crippen molar-refractivity contribution < 1.29 is 9.90 Å². The predicted molar refractivity (Wildman–Crippen MR) is 46.9 cm³/mol. The van der Waals surface area contributed by atoms with Crippen molar-refractivity contribution in [3.05, 3.63) is 0 Å². The standard InChI is InChI=1S/C8H14O2S/c1-2-8(5-7(9)10)3-4-11-6-8/h2-6H2,1H3,(H,9,10). The van der Waals surface area contributed by atoms with Gasteiger partial charge in [-0.1, -0.05) is 6.92 Å². The zero-order valence-electron chi connectivity index (χ0n) is 6.80. The van der Waals surface area contributed by atoms with E-state index in [1.807, 2.05) is 11.8 Å². The number of aliphatic carboxylic acids is 1. The SMILES string of the molecule is CCC1(CC(=O)O)CCSC1. The third kappa shape index (κ3) is 2.12. The first kappa shape index (κ1) is 8.91. The van der Waals surface area contributed by atoms with Crippen LogP contribution in [0.2, 0.25) is 0 Å². The van der Waals surface area contributed by atoms with Crippen LogP contribution in [-0.4, -0.2) is 22.6 Å². The molecule has 0 spiro atoms. The summed E-state index contributed by atoms with van der Waals surface area (Å²) in [6.07, 6.45) is 2.45. The van der Waals surface area contributed by atoms with Crippen LogP contribution in [0.5, 0.6) is 0 Å². The lowest BCUT2D eigenvalue weighted by atomic mass is 9.81. The Morgan fingerprint density at radius 1 is 1.73 bits per heavy atom. The molecule has 64 valence electrons. The van der Waals surface area contributed by atoms with E-state index < -0.39 is 5.97 Å². The third-order valence-corrected chi connectivity index (χ3v) is 3.77. The van der Waals surface area contributed by atoms with Gasteiger partial charge in [0.2, 0.25) is 0 Å². The molecule has 1 rings (SSSR count). The Morgan fingerprint density at radius 2 is 2.45 bits per heavy atom. The van der Waals surface area contributed by atoms with E-state index in [4.69, 9.17) is 5.11 Å². The molecule has 0 aliphatic carbocycles. The summed E-state index contributed by atoms with van der Waals surface area (Å²) in [5, 5.41) is 8.66. The maximum Gasteiger partial charge on any atom is 0.303 e. The van der Waals surface area contributed by atoms with Crippen molar-refractivity contribution in [3.8, 4) is 0 Å². The van der Waals surface area contributed by atoms with E-state index in [1.165, 1.54) is 0 Å². The van der Waals surface area contributed by atoms with Gasteiger partial charge in [-0.2, -0.15) is 11.8 Å². The van der Waals surface area contributed by atoms with Crippen molar-refractivity contribution >= 4 is 17.7 Å². The van der Waals surface area contributed by atoms with Gasteiger partial charge in [0.05, 0.1) is 6.42 Å². The molecule has 2 nitrogen and oxygen atoms in total. The first-order chi connectivity index (χ1) is 5.18. The highest BCUT2D eigenvalue weighted by Crippen LogP contribution is 2.41. The molecule has 1 N–H and O–H groups in total. The average Bonchev–Trinajstić information content (AvgIpc) is 2.36. The number of hydrogen-bond acceptors (Lipinski definition) is 2. The van der Waals surface area contributed by atoms with E-state index in [0.29, 0.717) is 6.42 Å². The van der Waals surface area contributed by atoms with Crippen LogP contribution < -0.4 is 0 Å². The van der Waals surface area contributed by atoms with Gasteiger partial charge in [-0.05, 0) is 29.8 Å². The summed E-state index contributed by atoms with van der Waals surface area (Å²) in [6, 6.07) is 0. The molecule has 1 unspecified atom stereocenters. The molecule has 1 heterocycles. The van der Waals surface area contributed by atoms with Crippen molar-refractivity contribution in [2.75, 3.05) is 11.5 Å². The summed E-state index contributed by atoms with van der Waals surface area (Å²) >= 11 is 1.88. The molecule has 1 aliphatic heterocycles. The molecular formula is C8H14O2S. The molecule has 0 aromatic rings. The summed E-state index contributed by atoms with van der Waals surface area (Å²) in [5.74, 6) is 1.53. The second-order valence-electron chi connectivity index (χ2n) is 3.23. The van der Waals surface area contributed by atoms with E-state index in [9.17, 15) is 4.79 Å². The molecule has 11 heavy (non-hydrogen) atoms.